The fourth-order valence-corrected chi connectivity index (χ4v) is 3.52. The monoisotopic (exact) mass is 378 g/mol. The molecule has 1 saturated carbocycles. The third kappa shape index (κ3) is 5.10. The predicted molar refractivity (Wildman–Crippen MR) is 100 cm³/mol. The largest absolute Gasteiger partial charge is 0.441 e. The molecule has 3 rings (SSSR count). The molecule has 0 saturated heterocycles. The summed E-state index contributed by atoms with van der Waals surface area (Å²) in [5.41, 5.74) is 0.859. The van der Waals surface area contributed by atoms with Gasteiger partial charge in [-0.25, -0.2) is 9.78 Å². The molecule has 25 heavy (non-hydrogen) atoms. The molecule has 0 spiro atoms. The van der Waals surface area contributed by atoms with Gasteiger partial charge in [0.25, 0.3) is 0 Å². The summed E-state index contributed by atoms with van der Waals surface area (Å²) < 4.78 is 5.71. The maximum Gasteiger partial charge on any atom is 0.413 e. The van der Waals surface area contributed by atoms with Crippen molar-refractivity contribution in [2.45, 2.75) is 38.2 Å². The SMILES string of the molecule is O=C(Nc1ccccn1)OC(CC1CCCC1)c1ccc(Cl)c(Cl)c1. The molecule has 1 heterocycles. The Bertz CT molecular complexity index is 719. The first-order chi connectivity index (χ1) is 12.1. The molecule has 1 unspecified atom stereocenters. The van der Waals surface area contributed by atoms with Crippen molar-refractivity contribution in [3.8, 4) is 0 Å². The van der Waals surface area contributed by atoms with Gasteiger partial charge in [0.1, 0.15) is 11.9 Å². The zero-order valence-corrected chi connectivity index (χ0v) is 15.3. The van der Waals surface area contributed by atoms with Gasteiger partial charge in [0.2, 0.25) is 0 Å². The van der Waals surface area contributed by atoms with Crippen molar-refractivity contribution in [2.75, 3.05) is 5.32 Å². The lowest BCUT2D eigenvalue weighted by Gasteiger charge is -2.22. The maximum absolute atomic E-state index is 12.3. The van der Waals surface area contributed by atoms with Crippen LogP contribution in [0.1, 0.15) is 43.8 Å². The van der Waals surface area contributed by atoms with Gasteiger partial charge in [0.05, 0.1) is 10.0 Å². The van der Waals surface area contributed by atoms with Crippen molar-refractivity contribution in [1.29, 1.82) is 0 Å². The number of anilines is 1. The van der Waals surface area contributed by atoms with E-state index in [1.165, 1.54) is 25.7 Å². The lowest BCUT2D eigenvalue weighted by Crippen LogP contribution is -2.19. The van der Waals surface area contributed by atoms with Gasteiger partial charge in [-0.15, -0.1) is 0 Å². The van der Waals surface area contributed by atoms with E-state index in [4.69, 9.17) is 27.9 Å². The summed E-state index contributed by atoms with van der Waals surface area (Å²) in [6.45, 7) is 0. The number of nitrogens with zero attached hydrogens (tertiary/aromatic N) is 1. The number of ether oxygens (including phenoxy) is 1. The van der Waals surface area contributed by atoms with E-state index in [2.05, 4.69) is 10.3 Å². The predicted octanol–water partition coefficient (Wildman–Crippen LogP) is 6.26. The van der Waals surface area contributed by atoms with E-state index in [9.17, 15) is 4.79 Å². The lowest BCUT2D eigenvalue weighted by molar-refractivity contribution is 0.0943. The summed E-state index contributed by atoms with van der Waals surface area (Å²) in [6.07, 6.45) is 6.33. The number of carbonyl (C=O) groups is 1. The molecule has 1 aliphatic carbocycles. The standard InChI is InChI=1S/C19H20Cl2N2O2/c20-15-9-8-14(12-16(15)21)17(11-13-5-1-2-6-13)25-19(24)23-18-7-3-4-10-22-18/h3-4,7-10,12-13,17H,1-2,5-6,11H2,(H,22,23,24). The summed E-state index contributed by atoms with van der Waals surface area (Å²) in [5, 5.41) is 3.61. The van der Waals surface area contributed by atoms with Gasteiger partial charge in [0.15, 0.2) is 0 Å². The van der Waals surface area contributed by atoms with E-state index in [-0.39, 0.29) is 6.10 Å². The van der Waals surface area contributed by atoms with Crippen molar-refractivity contribution in [1.82, 2.24) is 4.98 Å². The van der Waals surface area contributed by atoms with Crippen molar-refractivity contribution < 1.29 is 9.53 Å². The van der Waals surface area contributed by atoms with Crippen molar-refractivity contribution in [3.63, 3.8) is 0 Å². The summed E-state index contributed by atoms with van der Waals surface area (Å²) in [7, 11) is 0. The van der Waals surface area contributed by atoms with E-state index in [0.29, 0.717) is 21.8 Å². The Hall–Kier alpha value is -1.78. The number of halogens is 2. The number of benzene rings is 1. The van der Waals surface area contributed by atoms with E-state index in [1.54, 1.807) is 36.5 Å². The zero-order valence-electron chi connectivity index (χ0n) is 13.8. The van der Waals surface area contributed by atoms with Crippen LogP contribution in [0.2, 0.25) is 10.0 Å². The molecule has 1 fully saturated rings. The molecule has 4 nitrogen and oxygen atoms in total. The van der Waals surface area contributed by atoms with Crippen LogP contribution >= 0.6 is 23.2 Å². The Morgan fingerprint density at radius 3 is 2.68 bits per heavy atom. The smallest absolute Gasteiger partial charge is 0.413 e. The van der Waals surface area contributed by atoms with Crippen LogP contribution in [0.3, 0.4) is 0 Å². The topological polar surface area (TPSA) is 51.2 Å². The lowest BCUT2D eigenvalue weighted by atomic mass is 9.95. The van der Waals surface area contributed by atoms with Crippen molar-refractivity contribution >= 4 is 35.1 Å². The number of carbonyl (C=O) groups excluding carboxylic acids is 1. The van der Waals surface area contributed by atoms with Gasteiger partial charge in [0, 0.05) is 6.20 Å². The number of pyridine rings is 1. The van der Waals surface area contributed by atoms with Gasteiger partial charge in [-0.1, -0.05) is 61.0 Å². The molecular weight excluding hydrogens is 359 g/mol. The first kappa shape index (κ1) is 18.0. The number of rotatable bonds is 5. The summed E-state index contributed by atoms with van der Waals surface area (Å²) in [4.78, 5) is 16.4. The van der Waals surface area contributed by atoms with E-state index in [1.807, 2.05) is 6.07 Å². The normalized spacial score (nSPS) is 15.8. The van der Waals surface area contributed by atoms with Crippen LogP contribution in [0, 0.1) is 5.92 Å². The molecule has 6 heteroatoms. The third-order valence-corrected chi connectivity index (χ3v) is 5.22. The molecule has 1 aliphatic rings. The molecule has 1 aromatic heterocycles. The molecule has 1 aromatic carbocycles. The van der Waals surface area contributed by atoms with E-state index >= 15 is 0 Å². The van der Waals surface area contributed by atoms with E-state index < -0.39 is 6.09 Å². The summed E-state index contributed by atoms with van der Waals surface area (Å²) in [6, 6.07) is 10.7. The van der Waals surface area contributed by atoms with Crippen LogP contribution in [-0.2, 0) is 4.74 Å². The second-order valence-electron chi connectivity index (χ2n) is 6.29. The molecular formula is C19H20Cl2N2O2. The van der Waals surface area contributed by atoms with Gasteiger partial charge < -0.3 is 4.74 Å². The van der Waals surface area contributed by atoms with Crippen LogP contribution in [0.25, 0.3) is 0 Å². The number of amides is 1. The molecule has 0 radical (unpaired) electrons. The van der Waals surface area contributed by atoms with Crippen LogP contribution in [0.5, 0.6) is 0 Å². The highest BCUT2D eigenvalue weighted by Crippen LogP contribution is 2.36. The van der Waals surface area contributed by atoms with Crippen LogP contribution < -0.4 is 5.32 Å². The fourth-order valence-electron chi connectivity index (χ4n) is 3.21. The molecule has 2 aromatic rings. The summed E-state index contributed by atoms with van der Waals surface area (Å²) >= 11 is 12.2. The molecule has 0 aliphatic heterocycles. The average Bonchev–Trinajstić information content (AvgIpc) is 3.11. The quantitative estimate of drug-likeness (QED) is 0.667. The Morgan fingerprint density at radius 1 is 1.20 bits per heavy atom. The minimum Gasteiger partial charge on any atom is -0.441 e. The minimum atomic E-state index is -0.521. The van der Waals surface area contributed by atoms with E-state index in [0.717, 1.165) is 12.0 Å². The number of aromatic nitrogens is 1. The maximum atomic E-state index is 12.3. The number of hydrogen-bond donors (Lipinski definition) is 1. The van der Waals surface area contributed by atoms with Crippen molar-refractivity contribution in [3.05, 3.63) is 58.2 Å². The number of hydrogen-bond acceptors (Lipinski definition) is 3. The first-order valence-electron chi connectivity index (χ1n) is 8.45. The van der Waals surface area contributed by atoms with Crippen LogP contribution in [0.4, 0.5) is 10.6 Å². The second-order valence-corrected chi connectivity index (χ2v) is 7.11. The first-order valence-corrected chi connectivity index (χ1v) is 9.21. The van der Waals surface area contributed by atoms with Crippen LogP contribution in [0.15, 0.2) is 42.6 Å². The van der Waals surface area contributed by atoms with Crippen molar-refractivity contribution in [2.24, 2.45) is 5.92 Å². The number of nitrogens with one attached hydrogen (secondary N) is 1. The Kier molecular flexibility index (Phi) is 6.16. The van der Waals surface area contributed by atoms with Gasteiger partial charge in [-0.2, -0.15) is 0 Å². The highest BCUT2D eigenvalue weighted by atomic mass is 35.5. The van der Waals surface area contributed by atoms with Gasteiger partial charge >= 0.3 is 6.09 Å². The molecule has 1 N–H and O–H groups in total. The highest BCUT2D eigenvalue weighted by molar-refractivity contribution is 6.42. The average molecular weight is 379 g/mol. The molecule has 1 atom stereocenters. The Morgan fingerprint density at radius 2 is 2.00 bits per heavy atom. The second kappa shape index (κ2) is 8.54. The molecule has 132 valence electrons. The summed E-state index contributed by atoms with van der Waals surface area (Å²) in [5.74, 6) is 1.02. The Balaban J connectivity index is 1.73. The fraction of sp³-hybridized carbons (Fsp3) is 0.368. The minimum absolute atomic E-state index is 0.360. The van der Waals surface area contributed by atoms with Gasteiger partial charge in [-0.05, 0) is 42.2 Å². The highest BCUT2D eigenvalue weighted by Gasteiger charge is 2.25. The molecule has 1 amide bonds. The third-order valence-electron chi connectivity index (χ3n) is 4.48. The zero-order chi connectivity index (χ0) is 17.6. The van der Waals surface area contributed by atoms with Crippen LogP contribution in [-0.4, -0.2) is 11.1 Å². The Labute approximate surface area is 157 Å². The molecule has 0 bridgehead atoms. The van der Waals surface area contributed by atoms with Gasteiger partial charge in [-0.3, -0.25) is 5.32 Å².